The molecule has 5 heteroatoms. The van der Waals surface area contributed by atoms with Crippen LogP contribution in [0.4, 0.5) is 17.6 Å². The number of hydrogen-bond acceptors (Lipinski definition) is 1. The predicted octanol–water partition coefficient (Wildman–Crippen LogP) is 3.29. The lowest BCUT2D eigenvalue weighted by Crippen LogP contribution is -2.12. The normalized spacial score (nSPS) is 14.0. The minimum Gasteiger partial charge on any atom is -0.388 e. The number of hydrogen-bond donors (Lipinski definition) is 1. The third kappa shape index (κ3) is 2.68. The first-order valence-corrected chi connectivity index (χ1v) is 4.41. The van der Waals surface area contributed by atoms with Gasteiger partial charge in [0, 0.05) is 0 Å². The average molecular weight is 222 g/mol. The molecule has 0 radical (unpaired) electrons. The molecule has 15 heavy (non-hydrogen) atoms. The van der Waals surface area contributed by atoms with E-state index in [-0.39, 0.29) is 12.0 Å². The number of halogens is 4. The Bertz CT molecular complexity index is 346. The summed E-state index contributed by atoms with van der Waals surface area (Å²) < 4.78 is 50.0. The van der Waals surface area contributed by atoms with Gasteiger partial charge in [0.05, 0.1) is 11.7 Å². The quantitative estimate of drug-likeness (QED) is 0.761. The van der Waals surface area contributed by atoms with Crippen molar-refractivity contribution in [3.8, 4) is 0 Å². The molecule has 0 aromatic heterocycles. The molecular formula is C10H10F4O. The molecule has 0 unspecified atom stereocenters. The van der Waals surface area contributed by atoms with Crippen molar-refractivity contribution in [3.63, 3.8) is 0 Å². The fourth-order valence-corrected chi connectivity index (χ4v) is 1.28. The van der Waals surface area contributed by atoms with E-state index < -0.39 is 23.7 Å². The van der Waals surface area contributed by atoms with Crippen LogP contribution in [0.15, 0.2) is 18.2 Å². The maximum absolute atomic E-state index is 12.7. The van der Waals surface area contributed by atoms with Crippen molar-refractivity contribution in [3.05, 3.63) is 35.1 Å². The Morgan fingerprint density at radius 1 is 1.33 bits per heavy atom. The molecule has 0 aliphatic heterocycles. The summed E-state index contributed by atoms with van der Waals surface area (Å²) in [5, 5.41) is 9.34. The Labute approximate surface area is 84.3 Å². The summed E-state index contributed by atoms with van der Waals surface area (Å²) in [5.74, 6) is -0.964. The highest BCUT2D eigenvalue weighted by Crippen LogP contribution is 2.35. The van der Waals surface area contributed by atoms with Crippen molar-refractivity contribution < 1.29 is 22.7 Å². The van der Waals surface area contributed by atoms with Gasteiger partial charge in [-0.15, -0.1) is 0 Å². The predicted molar refractivity (Wildman–Crippen MR) is 46.7 cm³/mol. The fraction of sp³-hybridized carbons (Fsp3) is 0.400. The van der Waals surface area contributed by atoms with Crippen LogP contribution in [0.3, 0.4) is 0 Å². The molecule has 0 aliphatic carbocycles. The summed E-state index contributed by atoms with van der Waals surface area (Å²) in [4.78, 5) is 0. The second-order valence-electron chi connectivity index (χ2n) is 3.15. The van der Waals surface area contributed by atoms with Gasteiger partial charge in [0.15, 0.2) is 0 Å². The van der Waals surface area contributed by atoms with Crippen LogP contribution >= 0.6 is 0 Å². The molecule has 1 aromatic carbocycles. The highest BCUT2D eigenvalue weighted by molar-refractivity contribution is 5.32. The molecule has 0 heterocycles. The first-order chi connectivity index (χ1) is 6.86. The second-order valence-corrected chi connectivity index (χ2v) is 3.15. The molecule has 0 saturated carbocycles. The Kier molecular flexibility index (Phi) is 3.34. The summed E-state index contributed by atoms with van der Waals surface area (Å²) in [7, 11) is 0. The zero-order valence-corrected chi connectivity index (χ0v) is 7.98. The third-order valence-corrected chi connectivity index (χ3v) is 2.07. The number of benzene rings is 1. The van der Waals surface area contributed by atoms with Crippen LogP contribution in [0, 0.1) is 5.82 Å². The lowest BCUT2D eigenvalue weighted by molar-refractivity contribution is -0.139. The van der Waals surface area contributed by atoms with Gasteiger partial charge in [-0.3, -0.25) is 0 Å². The monoisotopic (exact) mass is 222 g/mol. The molecule has 1 N–H and O–H groups in total. The van der Waals surface area contributed by atoms with Crippen molar-refractivity contribution >= 4 is 0 Å². The van der Waals surface area contributed by atoms with E-state index >= 15 is 0 Å². The molecule has 0 amide bonds. The summed E-state index contributed by atoms with van der Waals surface area (Å²) in [6.45, 7) is 1.55. The molecule has 0 saturated heterocycles. The molecular weight excluding hydrogens is 212 g/mol. The van der Waals surface area contributed by atoms with Gasteiger partial charge >= 0.3 is 6.18 Å². The van der Waals surface area contributed by atoms with Crippen LogP contribution in [0.5, 0.6) is 0 Å². The Hall–Kier alpha value is -1.10. The van der Waals surface area contributed by atoms with Gasteiger partial charge in [-0.05, 0) is 24.1 Å². The van der Waals surface area contributed by atoms with Gasteiger partial charge in [-0.25, -0.2) is 4.39 Å². The Balaban J connectivity index is 3.27. The number of aliphatic hydroxyl groups is 1. The lowest BCUT2D eigenvalue weighted by atomic mass is 10.0. The van der Waals surface area contributed by atoms with Crippen molar-refractivity contribution in [2.24, 2.45) is 0 Å². The van der Waals surface area contributed by atoms with Crippen LogP contribution in [0.2, 0.25) is 0 Å². The highest BCUT2D eigenvalue weighted by Gasteiger charge is 2.35. The van der Waals surface area contributed by atoms with E-state index in [0.717, 1.165) is 12.1 Å². The second kappa shape index (κ2) is 4.18. The molecule has 1 aromatic rings. The Morgan fingerprint density at radius 3 is 2.40 bits per heavy atom. The molecule has 0 spiro atoms. The lowest BCUT2D eigenvalue weighted by Gasteiger charge is -2.16. The van der Waals surface area contributed by atoms with Gasteiger partial charge < -0.3 is 5.11 Å². The van der Waals surface area contributed by atoms with E-state index in [2.05, 4.69) is 0 Å². The van der Waals surface area contributed by atoms with Gasteiger partial charge in [0.2, 0.25) is 0 Å². The SMILES string of the molecule is CC[C@H](O)c1ccc(F)cc1C(F)(F)F. The average Bonchev–Trinajstić information content (AvgIpc) is 2.15. The third-order valence-electron chi connectivity index (χ3n) is 2.07. The molecule has 0 fully saturated rings. The first-order valence-electron chi connectivity index (χ1n) is 4.41. The summed E-state index contributed by atoms with van der Waals surface area (Å²) in [6.07, 6.45) is -5.72. The standard InChI is InChI=1S/C10H10F4O/c1-2-9(15)7-4-3-6(11)5-8(7)10(12,13)14/h3-5,9,15H,2H2,1H3/t9-/m0/s1. The number of aliphatic hydroxyl groups excluding tert-OH is 1. The van der Waals surface area contributed by atoms with Crippen LogP contribution < -0.4 is 0 Å². The van der Waals surface area contributed by atoms with E-state index in [1.54, 1.807) is 6.92 Å². The summed E-state index contributed by atoms with van der Waals surface area (Å²) >= 11 is 0. The van der Waals surface area contributed by atoms with Crippen molar-refractivity contribution in [1.82, 2.24) is 0 Å². The highest BCUT2D eigenvalue weighted by atomic mass is 19.4. The molecule has 0 bridgehead atoms. The van der Waals surface area contributed by atoms with Crippen molar-refractivity contribution in [2.75, 3.05) is 0 Å². The van der Waals surface area contributed by atoms with Crippen LogP contribution in [-0.2, 0) is 6.18 Å². The summed E-state index contributed by atoms with van der Waals surface area (Å²) in [5.41, 5.74) is -1.40. The topological polar surface area (TPSA) is 20.2 Å². The number of alkyl halides is 3. The zero-order valence-electron chi connectivity index (χ0n) is 7.98. The Morgan fingerprint density at radius 2 is 1.93 bits per heavy atom. The van der Waals surface area contributed by atoms with E-state index in [0.29, 0.717) is 6.07 Å². The van der Waals surface area contributed by atoms with Crippen molar-refractivity contribution in [2.45, 2.75) is 25.6 Å². The first kappa shape index (κ1) is 12.0. The molecule has 1 nitrogen and oxygen atoms in total. The molecule has 0 aliphatic rings. The van der Waals surface area contributed by atoms with E-state index in [1.807, 2.05) is 0 Å². The maximum atomic E-state index is 12.7. The largest absolute Gasteiger partial charge is 0.416 e. The van der Waals surface area contributed by atoms with E-state index in [4.69, 9.17) is 0 Å². The van der Waals surface area contributed by atoms with Gasteiger partial charge in [0.25, 0.3) is 0 Å². The van der Waals surface area contributed by atoms with Crippen LogP contribution in [-0.4, -0.2) is 5.11 Å². The maximum Gasteiger partial charge on any atom is 0.416 e. The zero-order chi connectivity index (χ0) is 11.6. The number of rotatable bonds is 2. The summed E-state index contributed by atoms with van der Waals surface area (Å²) in [6, 6.07) is 2.27. The van der Waals surface area contributed by atoms with Gasteiger partial charge in [-0.1, -0.05) is 13.0 Å². The molecule has 1 rings (SSSR count). The minimum atomic E-state index is -4.65. The van der Waals surface area contributed by atoms with E-state index in [9.17, 15) is 22.7 Å². The van der Waals surface area contributed by atoms with Gasteiger partial charge in [0.1, 0.15) is 5.82 Å². The van der Waals surface area contributed by atoms with E-state index in [1.165, 1.54) is 0 Å². The van der Waals surface area contributed by atoms with Crippen LogP contribution in [0.1, 0.15) is 30.6 Å². The van der Waals surface area contributed by atoms with Gasteiger partial charge in [-0.2, -0.15) is 13.2 Å². The molecule has 84 valence electrons. The fourth-order valence-electron chi connectivity index (χ4n) is 1.28. The molecule has 1 atom stereocenters. The van der Waals surface area contributed by atoms with Crippen LogP contribution in [0.25, 0.3) is 0 Å². The minimum absolute atomic E-state index is 0.148. The smallest absolute Gasteiger partial charge is 0.388 e. The van der Waals surface area contributed by atoms with Crippen molar-refractivity contribution in [1.29, 1.82) is 0 Å².